The van der Waals surface area contributed by atoms with E-state index in [9.17, 15) is 8.42 Å². The maximum atomic E-state index is 12.0. The largest absolute Gasteiger partial charge is 0.396 e. The van der Waals surface area contributed by atoms with Crippen LogP contribution in [0.4, 0.5) is 0 Å². The molecule has 120 valence electrons. The number of aliphatic hydroxyl groups excluding tert-OH is 1. The minimum atomic E-state index is -3.48. The van der Waals surface area contributed by atoms with Crippen molar-refractivity contribution in [2.75, 3.05) is 40.1 Å². The van der Waals surface area contributed by atoms with E-state index in [1.807, 2.05) is 0 Å². The second-order valence-electron chi connectivity index (χ2n) is 4.47. The van der Waals surface area contributed by atoms with Crippen molar-refractivity contribution in [1.29, 1.82) is 0 Å². The molecular formula is C14H23NO5S. The number of benzene rings is 1. The third-order valence-corrected chi connectivity index (χ3v) is 4.30. The zero-order chi connectivity index (χ0) is 15.6. The molecule has 6 nitrogen and oxygen atoms in total. The molecule has 0 bridgehead atoms. The van der Waals surface area contributed by atoms with Crippen LogP contribution in [0, 0.1) is 0 Å². The molecule has 0 atom stereocenters. The second-order valence-corrected chi connectivity index (χ2v) is 6.24. The maximum absolute atomic E-state index is 12.0. The predicted molar refractivity (Wildman–Crippen MR) is 79.7 cm³/mol. The highest BCUT2D eigenvalue weighted by Gasteiger charge is 2.12. The van der Waals surface area contributed by atoms with E-state index in [1.54, 1.807) is 31.4 Å². The molecule has 0 saturated carbocycles. The van der Waals surface area contributed by atoms with E-state index < -0.39 is 10.0 Å². The fourth-order valence-corrected chi connectivity index (χ4v) is 2.75. The molecule has 21 heavy (non-hydrogen) atoms. The molecule has 1 aromatic rings. The highest BCUT2D eigenvalue weighted by atomic mass is 32.2. The Hall–Kier alpha value is -0.990. The highest BCUT2D eigenvalue weighted by Crippen LogP contribution is 2.10. The molecule has 1 aromatic carbocycles. The van der Waals surface area contributed by atoms with Gasteiger partial charge in [-0.1, -0.05) is 12.1 Å². The standard InChI is InChI=1S/C14H23NO5S/c1-19-11-12-20-10-2-8-15-21(17,18)14-5-3-13(4-6-14)7-9-16/h3-6,15-16H,2,7-12H2,1H3. The van der Waals surface area contributed by atoms with Crippen molar-refractivity contribution in [3.63, 3.8) is 0 Å². The Balaban J connectivity index is 2.35. The first-order chi connectivity index (χ1) is 10.1. The fourth-order valence-electron chi connectivity index (χ4n) is 1.67. The lowest BCUT2D eigenvalue weighted by Gasteiger charge is -2.08. The summed E-state index contributed by atoms with van der Waals surface area (Å²) in [5.74, 6) is 0. The average Bonchev–Trinajstić information content (AvgIpc) is 2.47. The fraction of sp³-hybridized carbons (Fsp3) is 0.571. The van der Waals surface area contributed by atoms with Crippen LogP contribution in [0.15, 0.2) is 29.2 Å². The molecule has 0 aliphatic heterocycles. The summed E-state index contributed by atoms with van der Waals surface area (Å²) in [7, 11) is -1.88. The predicted octanol–water partition coefficient (Wildman–Crippen LogP) is 0.553. The van der Waals surface area contributed by atoms with Crippen molar-refractivity contribution in [2.45, 2.75) is 17.7 Å². The lowest BCUT2D eigenvalue weighted by Crippen LogP contribution is -2.25. The normalized spacial score (nSPS) is 11.7. The average molecular weight is 317 g/mol. The number of sulfonamides is 1. The van der Waals surface area contributed by atoms with Crippen LogP contribution in [0.2, 0.25) is 0 Å². The number of methoxy groups -OCH3 is 1. The monoisotopic (exact) mass is 317 g/mol. The van der Waals surface area contributed by atoms with Crippen molar-refractivity contribution >= 4 is 10.0 Å². The van der Waals surface area contributed by atoms with Gasteiger partial charge in [-0.25, -0.2) is 13.1 Å². The van der Waals surface area contributed by atoms with E-state index in [0.29, 0.717) is 39.2 Å². The van der Waals surface area contributed by atoms with Crippen LogP contribution in [-0.4, -0.2) is 53.6 Å². The van der Waals surface area contributed by atoms with Crippen LogP contribution < -0.4 is 4.72 Å². The van der Waals surface area contributed by atoms with E-state index >= 15 is 0 Å². The molecule has 0 radical (unpaired) electrons. The van der Waals surface area contributed by atoms with Gasteiger partial charge in [0, 0.05) is 26.9 Å². The van der Waals surface area contributed by atoms with Gasteiger partial charge in [-0.05, 0) is 30.5 Å². The minimum Gasteiger partial charge on any atom is -0.396 e. The van der Waals surface area contributed by atoms with Gasteiger partial charge >= 0.3 is 0 Å². The molecule has 0 heterocycles. The number of nitrogens with one attached hydrogen (secondary N) is 1. The van der Waals surface area contributed by atoms with E-state index in [2.05, 4.69) is 4.72 Å². The molecule has 0 spiro atoms. The molecule has 0 saturated heterocycles. The van der Waals surface area contributed by atoms with Gasteiger partial charge < -0.3 is 14.6 Å². The first kappa shape index (κ1) is 18.1. The highest BCUT2D eigenvalue weighted by molar-refractivity contribution is 7.89. The zero-order valence-corrected chi connectivity index (χ0v) is 13.1. The third-order valence-electron chi connectivity index (χ3n) is 2.82. The van der Waals surface area contributed by atoms with Crippen LogP contribution in [0.1, 0.15) is 12.0 Å². The zero-order valence-electron chi connectivity index (χ0n) is 12.2. The SMILES string of the molecule is COCCOCCCNS(=O)(=O)c1ccc(CCO)cc1. The Bertz CT molecular complexity index is 487. The molecule has 0 aliphatic rings. The Morgan fingerprint density at radius 1 is 1.14 bits per heavy atom. The quantitative estimate of drug-likeness (QED) is 0.582. The molecular weight excluding hydrogens is 294 g/mol. The van der Waals surface area contributed by atoms with Gasteiger partial charge in [-0.3, -0.25) is 0 Å². The van der Waals surface area contributed by atoms with Crippen molar-refractivity contribution in [3.05, 3.63) is 29.8 Å². The number of rotatable bonds is 11. The third kappa shape index (κ3) is 7.01. The molecule has 0 fully saturated rings. The van der Waals surface area contributed by atoms with E-state index in [1.165, 1.54) is 0 Å². The number of aliphatic hydroxyl groups is 1. The van der Waals surface area contributed by atoms with E-state index in [0.717, 1.165) is 5.56 Å². The minimum absolute atomic E-state index is 0.0490. The summed E-state index contributed by atoms with van der Waals surface area (Å²) in [5.41, 5.74) is 0.906. The summed E-state index contributed by atoms with van der Waals surface area (Å²) in [6, 6.07) is 6.50. The number of ether oxygens (including phenoxy) is 2. The summed E-state index contributed by atoms with van der Waals surface area (Å²) < 4.78 is 36.6. The first-order valence-electron chi connectivity index (χ1n) is 6.86. The lowest BCUT2D eigenvalue weighted by molar-refractivity contribution is 0.0699. The van der Waals surface area contributed by atoms with E-state index in [-0.39, 0.29) is 11.5 Å². The first-order valence-corrected chi connectivity index (χ1v) is 8.34. The summed E-state index contributed by atoms with van der Waals surface area (Å²) in [6.45, 7) is 1.91. The van der Waals surface area contributed by atoms with Crippen LogP contribution in [0.3, 0.4) is 0 Å². The van der Waals surface area contributed by atoms with Gasteiger partial charge in [0.1, 0.15) is 0 Å². The molecule has 0 aromatic heterocycles. The Morgan fingerprint density at radius 3 is 2.48 bits per heavy atom. The van der Waals surface area contributed by atoms with Gasteiger partial charge in [-0.15, -0.1) is 0 Å². The van der Waals surface area contributed by atoms with Gasteiger partial charge in [0.15, 0.2) is 0 Å². The number of hydrogen-bond acceptors (Lipinski definition) is 5. The summed E-state index contributed by atoms with van der Waals surface area (Å²) >= 11 is 0. The molecule has 2 N–H and O–H groups in total. The summed E-state index contributed by atoms with van der Waals surface area (Å²) in [4.78, 5) is 0.226. The topological polar surface area (TPSA) is 84.9 Å². The van der Waals surface area contributed by atoms with Crippen LogP contribution in [0.25, 0.3) is 0 Å². The van der Waals surface area contributed by atoms with Gasteiger partial charge in [0.2, 0.25) is 10.0 Å². The van der Waals surface area contributed by atoms with Crippen LogP contribution >= 0.6 is 0 Å². The van der Waals surface area contributed by atoms with Crippen LogP contribution in [0.5, 0.6) is 0 Å². The maximum Gasteiger partial charge on any atom is 0.240 e. The van der Waals surface area contributed by atoms with Crippen molar-refractivity contribution in [3.8, 4) is 0 Å². The second kappa shape index (κ2) is 9.86. The van der Waals surface area contributed by atoms with Crippen LogP contribution in [-0.2, 0) is 25.9 Å². The van der Waals surface area contributed by atoms with Crippen molar-refractivity contribution < 1.29 is 23.0 Å². The summed E-state index contributed by atoms with van der Waals surface area (Å²) in [6.07, 6.45) is 1.12. The smallest absolute Gasteiger partial charge is 0.240 e. The van der Waals surface area contributed by atoms with Gasteiger partial charge in [0.05, 0.1) is 18.1 Å². The molecule has 0 amide bonds. The Morgan fingerprint density at radius 2 is 1.86 bits per heavy atom. The Kier molecular flexibility index (Phi) is 8.48. The number of hydrogen-bond donors (Lipinski definition) is 2. The van der Waals surface area contributed by atoms with Crippen molar-refractivity contribution in [2.24, 2.45) is 0 Å². The van der Waals surface area contributed by atoms with Crippen molar-refractivity contribution in [1.82, 2.24) is 4.72 Å². The molecule has 7 heteroatoms. The summed E-state index contributed by atoms with van der Waals surface area (Å²) in [5, 5.41) is 8.82. The van der Waals surface area contributed by atoms with Gasteiger partial charge in [-0.2, -0.15) is 0 Å². The molecule has 1 rings (SSSR count). The molecule has 0 unspecified atom stereocenters. The Labute approximate surface area is 126 Å². The lowest BCUT2D eigenvalue weighted by atomic mass is 10.2. The van der Waals surface area contributed by atoms with Gasteiger partial charge in [0.25, 0.3) is 0 Å². The van der Waals surface area contributed by atoms with E-state index in [4.69, 9.17) is 14.6 Å². The molecule has 0 aliphatic carbocycles.